The van der Waals surface area contributed by atoms with E-state index in [-0.39, 0.29) is 12.0 Å². The van der Waals surface area contributed by atoms with Gasteiger partial charge in [0.2, 0.25) is 0 Å². The first-order chi connectivity index (χ1) is 8.44. The highest BCUT2D eigenvalue weighted by atomic mass is 16.3. The Labute approximate surface area is 111 Å². The Morgan fingerprint density at radius 2 is 1.83 bits per heavy atom. The van der Waals surface area contributed by atoms with Crippen LogP contribution in [0.3, 0.4) is 0 Å². The van der Waals surface area contributed by atoms with Crippen LogP contribution in [0.2, 0.25) is 0 Å². The molecule has 102 valence electrons. The van der Waals surface area contributed by atoms with E-state index in [4.69, 9.17) is 0 Å². The van der Waals surface area contributed by atoms with Crippen molar-refractivity contribution < 1.29 is 5.11 Å². The third-order valence-corrected chi connectivity index (χ3v) is 3.00. The van der Waals surface area contributed by atoms with Gasteiger partial charge < -0.3 is 15.3 Å². The van der Waals surface area contributed by atoms with Gasteiger partial charge in [-0.3, -0.25) is 0 Å². The molecule has 3 heteroatoms. The van der Waals surface area contributed by atoms with Gasteiger partial charge >= 0.3 is 0 Å². The van der Waals surface area contributed by atoms with Crippen LogP contribution < -0.4 is 5.32 Å². The summed E-state index contributed by atoms with van der Waals surface area (Å²) >= 11 is 0. The molecule has 1 unspecified atom stereocenters. The molecule has 0 saturated heterocycles. The molecular formula is C15H26N2O. The van der Waals surface area contributed by atoms with Crippen molar-refractivity contribution in [3.05, 3.63) is 35.9 Å². The second kappa shape index (κ2) is 6.88. The molecule has 0 fully saturated rings. The fourth-order valence-corrected chi connectivity index (χ4v) is 1.79. The molecule has 18 heavy (non-hydrogen) atoms. The first-order valence-electron chi connectivity index (χ1n) is 6.48. The molecule has 0 aliphatic carbocycles. The number of nitrogens with one attached hydrogen (secondary N) is 1. The first-order valence-corrected chi connectivity index (χ1v) is 6.48. The third kappa shape index (κ3) is 5.17. The molecular weight excluding hydrogens is 224 g/mol. The third-order valence-electron chi connectivity index (χ3n) is 3.00. The molecule has 0 heterocycles. The molecule has 0 bridgehead atoms. The quantitative estimate of drug-likeness (QED) is 0.776. The highest BCUT2D eigenvalue weighted by Gasteiger charge is 2.19. The maximum absolute atomic E-state index is 9.31. The number of rotatable bonds is 7. The standard InChI is InChI=1S/C15H26N2O/c1-15(2,12-18)11-16-14(10-17(3)4)13-8-6-5-7-9-13/h5-9,14,16,18H,10-12H2,1-4H3. The summed E-state index contributed by atoms with van der Waals surface area (Å²) < 4.78 is 0. The lowest BCUT2D eigenvalue weighted by Crippen LogP contribution is -2.38. The molecule has 1 aromatic carbocycles. The van der Waals surface area contributed by atoms with Gasteiger partial charge in [0, 0.05) is 31.2 Å². The lowest BCUT2D eigenvalue weighted by molar-refractivity contribution is 0.150. The van der Waals surface area contributed by atoms with Crippen molar-refractivity contribution >= 4 is 0 Å². The second-order valence-electron chi connectivity index (χ2n) is 5.93. The highest BCUT2D eigenvalue weighted by Crippen LogP contribution is 2.17. The smallest absolute Gasteiger partial charge is 0.0494 e. The summed E-state index contributed by atoms with van der Waals surface area (Å²) in [6.45, 7) is 6.08. The van der Waals surface area contributed by atoms with Crippen molar-refractivity contribution in [2.75, 3.05) is 33.8 Å². The Bertz CT molecular complexity index is 336. The maximum atomic E-state index is 9.31. The minimum Gasteiger partial charge on any atom is -0.396 e. The lowest BCUT2D eigenvalue weighted by atomic mass is 9.94. The number of benzene rings is 1. The fourth-order valence-electron chi connectivity index (χ4n) is 1.79. The molecule has 0 spiro atoms. The number of hydrogen-bond acceptors (Lipinski definition) is 3. The van der Waals surface area contributed by atoms with Crippen molar-refractivity contribution in [3.63, 3.8) is 0 Å². The van der Waals surface area contributed by atoms with Crippen LogP contribution in [0.4, 0.5) is 0 Å². The predicted molar refractivity (Wildman–Crippen MR) is 76.6 cm³/mol. The van der Waals surface area contributed by atoms with Gasteiger partial charge in [-0.2, -0.15) is 0 Å². The van der Waals surface area contributed by atoms with Gasteiger partial charge in [0.25, 0.3) is 0 Å². The van der Waals surface area contributed by atoms with Gasteiger partial charge in [0.1, 0.15) is 0 Å². The number of aliphatic hydroxyl groups is 1. The molecule has 1 atom stereocenters. The van der Waals surface area contributed by atoms with E-state index in [1.807, 2.05) is 6.07 Å². The zero-order valence-electron chi connectivity index (χ0n) is 12.0. The summed E-state index contributed by atoms with van der Waals surface area (Å²) in [6, 6.07) is 10.8. The molecule has 0 aliphatic rings. The van der Waals surface area contributed by atoms with Crippen molar-refractivity contribution in [1.82, 2.24) is 10.2 Å². The van der Waals surface area contributed by atoms with Crippen molar-refractivity contribution in [1.29, 1.82) is 0 Å². The minimum absolute atomic E-state index is 0.0840. The summed E-state index contributed by atoms with van der Waals surface area (Å²) in [5.74, 6) is 0. The summed E-state index contributed by atoms with van der Waals surface area (Å²) in [5.41, 5.74) is 1.21. The van der Waals surface area contributed by atoms with Gasteiger partial charge in [-0.1, -0.05) is 44.2 Å². The Morgan fingerprint density at radius 3 is 2.33 bits per heavy atom. The monoisotopic (exact) mass is 250 g/mol. The van der Waals surface area contributed by atoms with E-state index >= 15 is 0 Å². The van der Waals surface area contributed by atoms with Gasteiger partial charge in [-0.05, 0) is 19.7 Å². The Hall–Kier alpha value is -0.900. The average molecular weight is 250 g/mol. The van der Waals surface area contributed by atoms with E-state index in [0.717, 1.165) is 13.1 Å². The Kier molecular flexibility index (Phi) is 5.79. The fraction of sp³-hybridized carbons (Fsp3) is 0.600. The zero-order chi connectivity index (χ0) is 13.6. The summed E-state index contributed by atoms with van der Waals surface area (Å²) in [4.78, 5) is 2.18. The Morgan fingerprint density at radius 1 is 1.22 bits per heavy atom. The highest BCUT2D eigenvalue weighted by molar-refractivity contribution is 5.19. The normalized spacial score (nSPS) is 13.9. The minimum atomic E-state index is -0.0840. The van der Waals surface area contributed by atoms with Crippen LogP contribution in [-0.4, -0.2) is 43.8 Å². The molecule has 0 radical (unpaired) electrons. The Balaban J connectivity index is 2.68. The largest absolute Gasteiger partial charge is 0.396 e. The number of hydrogen-bond donors (Lipinski definition) is 2. The number of nitrogens with zero attached hydrogens (tertiary/aromatic N) is 1. The summed E-state index contributed by atoms with van der Waals surface area (Å²) in [7, 11) is 4.16. The average Bonchev–Trinajstić information content (AvgIpc) is 2.35. The van der Waals surface area contributed by atoms with E-state index < -0.39 is 0 Å². The van der Waals surface area contributed by atoms with Crippen LogP contribution >= 0.6 is 0 Å². The van der Waals surface area contributed by atoms with Gasteiger partial charge in [-0.15, -0.1) is 0 Å². The summed E-state index contributed by atoms with van der Waals surface area (Å²) in [5, 5.41) is 12.9. The van der Waals surface area contributed by atoms with Crippen molar-refractivity contribution in [3.8, 4) is 0 Å². The van der Waals surface area contributed by atoms with E-state index in [0.29, 0.717) is 6.04 Å². The van der Waals surface area contributed by atoms with E-state index in [2.05, 4.69) is 62.4 Å². The summed E-state index contributed by atoms with van der Waals surface area (Å²) in [6.07, 6.45) is 0. The van der Waals surface area contributed by atoms with Crippen molar-refractivity contribution in [2.45, 2.75) is 19.9 Å². The molecule has 1 rings (SSSR count). The zero-order valence-corrected chi connectivity index (χ0v) is 12.0. The van der Waals surface area contributed by atoms with E-state index in [9.17, 15) is 5.11 Å². The molecule has 1 aromatic rings. The topological polar surface area (TPSA) is 35.5 Å². The first kappa shape index (κ1) is 15.2. The van der Waals surface area contributed by atoms with Crippen molar-refractivity contribution in [2.24, 2.45) is 5.41 Å². The molecule has 0 aromatic heterocycles. The van der Waals surface area contributed by atoms with Gasteiger partial charge in [-0.25, -0.2) is 0 Å². The number of aliphatic hydroxyl groups excluding tert-OH is 1. The van der Waals surface area contributed by atoms with Crippen LogP contribution in [-0.2, 0) is 0 Å². The van der Waals surface area contributed by atoms with Crippen LogP contribution in [0, 0.1) is 5.41 Å². The van der Waals surface area contributed by atoms with E-state index in [1.165, 1.54) is 5.56 Å². The molecule has 2 N–H and O–H groups in total. The van der Waals surface area contributed by atoms with E-state index in [1.54, 1.807) is 0 Å². The van der Waals surface area contributed by atoms with Crippen LogP contribution in [0.25, 0.3) is 0 Å². The van der Waals surface area contributed by atoms with Gasteiger partial charge in [0.15, 0.2) is 0 Å². The van der Waals surface area contributed by atoms with Crippen LogP contribution in [0.5, 0.6) is 0 Å². The molecule has 0 aliphatic heterocycles. The predicted octanol–water partition coefficient (Wildman–Crippen LogP) is 1.90. The molecule has 3 nitrogen and oxygen atoms in total. The lowest BCUT2D eigenvalue weighted by Gasteiger charge is -2.28. The van der Waals surface area contributed by atoms with Crippen LogP contribution in [0.1, 0.15) is 25.5 Å². The van der Waals surface area contributed by atoms with Gasteiger partial charge in [0.05, 0.1) is 0 Å². The SMILES string of the molecule is CN(C)CC(NCC(C)(C)CO)c1ccccc1. The van der Waals surface area contributed by atoms with Crippen LogP contribution in [0.15, 0.2) is 30.3 Å². The number of likely N-dealkylation sites (N-methyl/N-ethyl adjacent to an activating group) is 1. The molecule has 0 amide bonds. The molecule has 0 saturated carbocycles. The maximum Gasteiger partial charge on any atom is 0.0494 e. The second-order valence-corrected chi connectivity index (χ2v) is 5.93.